The molecule has 2 rings (SSSR count). The van der Waals surface area contributed by atoms with Crippen LogP contribution in [0, 0.1) is 18.3 Å². The van der Waals surface area contributed by atoms with E-state index < -0.39 is 0 Å². The first-order chi connectivity index (χ1) is 9.97. The minimum absolute atomic E-state index is 0.0236. The molecule has 2 aromatic rings. The molecule has 0 unspecified atom stereocenters. The lowest BCUT2D eigenvalue weighted by Crippen LogP contribution is -2.32. The molecule has 0 bridgehead atoms. The van der Waals surface area contributed by atoms with Crippen LogP contribution in [0.5, 0.6) is 0 Å². The summed E-state index contributed by atoms with van der Waals surface area (Å²) in [5.41, 5.74) is 10.1. The van der Waals surface area contributed by atoms with Gasteiger partial charge in [-0.25, -0.2) is 0 Å². The molecule has 21 heavy (non-hydrogen) atoms. The predicted molar refractivity (Wildman–Crippen MR) is 90.2 cm³/mol. The molecule has 0 atom stereocenters. The molecule has 3 N–H and O–H groups in total. The van der Waals surface area contributed by atoms with Crippen LogP contribution >= 0.6 is 0 Å². The first-order valence-corrected chi connectivity index (χ1v) is 7.27. The lowest BCUT2D eigenvalue weighted by molar-refractivity contribution is 0.647. The molecule has 0 amide bonds. The van der Waals surface area contributed by atoms with Crippen molar-refractivity contribution in [3.8, 4) is 0 Å². The monoisotopic (exact) mass is 281 g/mol. The second-order valence-corrected chi connectivity index (χ2v) is 5.82. The fraction of sp³-hybridized carbons (Fsp3) is 0.278. The Hall–Kier alpha value is -2.29. The first kappa shape index (κ1) is 15.1. The van der Waals surface area contributed by atoms with Gasteiger partial charge in [-0.15, -0.1) is 0 Å². The van der Waals surface area contributed by atoms with Crippen LogP contribution in [0.3, 0.4) is 0 Å². The highest BCUT2D eigenvalue weighted by Crippen LogP contribution is 2.26. The van der Waals surface area contributed by atoms with Crippen LogP contribution in [0.1, 0.15) is 25.0 Å². The Balaban J connectivity index is 2.30. The number of benzene rings is 2. The zero-order chi connectivity index (χ0) is 15.4. The van der Waals surface area contributed by atoms with Gasteiger partial charge >= 0.3 is 0 Å². The van der Waals surface area contributed by atoms with Crippen molar-refractivity contribution in [2.45, 2.75) is 27.2 Å². The lowest BCUT2D eigenvalue weighted by atomic mass is 10.0. The minimum atomic E-state index is 0.0236. The second-order valence-electron chi connectivity index (χ2n) is 5.82. The summed E-state index contributed by atoms with van der Waals surface area (Å²) in [5.74, 6) is 0.660. The van der Waals surface area contributed by atoms with E-state index in [-0.39, 0.29) is 5.96 Å². The Kier molecular flexibility index (Phi) is 4.63. The first-order valence-electron chi connectivity index (χ1n) is 7.27. The summed E-state index contributed by atoms with van der Waals surface area (Å²) in [6.45, 7) is 6.47. The molecule has 3 nitrogen and oxygen atoms in total. The molecule has 0 spiro atoms. The van der Waals surface area contributed by atoms with Crippen molar-refractivity contribution in [2.75, 3.05) is 4.90 Å². The zero-order valence-corrected chi connectivity index (χ0v) is 12.9. The van der Waals surface area contributed by atoms with Crippen LogP contribution in [-0.2, 0) is 6.42 Å². The van der Waals surface area contributed by atoms with Crippen LogP contribution in [-0.4, -0.2) is 5.96 Å². The van der Waals surface area contributed by atoms with E-state index in [0.29, 0.717) is 5.92 Å². The van der Waals surface area contributed by atoms with Gasteiger partial charge < -0.3 is 5.73 Å². The number of nitrogens with one attached hydrogen (secondary N) is 1. The molecule has 0 aliphatic heterocycles. The van der Waals surface area contributed by atoms with Gasteiger partial charge in [-0.05, 0) is 49.1 Å². The predicted octanol–water partition coefficient (Wildman–Crippen LogP) is 4.23. The van der Waals surface area contributed by atoms with E-state index in [1.165, 1.54) is 11.1 Å². The van der Waals surface area contributed by atoms with Crippen LogP contribution in [0.15, 0.2) is 48.5 Å². The number of nitrogens with two attached hydrogens (primary N) is 1. The van der Waals surface area contributed by atoms with E-state index >= 15 is 0 Å². The third-order valence-electron chi connectivity index (χ3n) is 3.37. The number of aryl methyl sites for hydroxylation is 1. The van der Waals surface area contributed by atoms with Gasteiger partial charge in [0, 0.05) is 11.4 Å². The third kappa shape index (κ3) is 3.85. The Morgan fingerprint density at radius 3 is 1.90 bits per heavy atom. The number of rotatable bonds is 4. The molecule has 3 heteroatoms. The van der Waals surface area contributed by atoms with Gasteiger partial charge in [-0.3, -0.25) is 10.3 Å². The zero-order valence-electron chi connectivity index (χ0n) is 12.9. The summed E-state index contributed by atoms with van der Waals surface area (Å²) in [6, 6.07) is 16.3. The normalized spacial score (nSPS) is 10.7. The Morgan fingerprint density at radius 1 is 1.00 bits per heavy atom. The molecule has 2 aromatic carbocycles. The molecule has 0 saturated heterocycles. The Bertz CT molecular complexity index is 597. The van der Waals surface area contributed by atoms with Gasteiger partial charge in [0.1, 0.15) is 0 Å². The maximum absolute atomic E-state index is 7.85. The molecule has 0 fully saturated rings. The van der Waals surface area contributed by atoms with Gasteiger partial charge in [0.15, 0.2) is 5.96 Å². The largest absolute Gasteiger partial charge is 0.369 e. The van der Waals surface area contributed by atoms with Crippen molar-refractivity contribution >= 4 is 17.3 Å². The average molecular weight is 281 g/mol. The quantitative estimate of drug-likeness (QED) is 0.651. The van der Waals surface area contributed by atoms with Crippen molar-refractivity contribution in [1.82, 2.24) is 0 Å². The number of hydrogen-bond donors (Lipinski definition) is 2. The molecule has 0 aliphatic carbocycles. The highest BCUT2D eigenvalue weighted by Gasteiger charge is 2.12. The smallest absolute Gasteiger partial charge is 0.197 e. The summed E-state index contributed by atoms with van der Waals surface area (Å²) in [7, 11) is 0. The van der Waals surface area contributed by atoms with Gasteiger partial charge in [0.2, 0.25) is 0 Å². The van der Waals surface area contributed by atoms with E-state index in [1.807, 2.05) is 43.3 Å². The van der Waals surface area contributed by atoms with E-state index in [0.717, 1.165) is 17.8 Å². The van der Waals surface area contributed by atoms with E-state index in [4.69, 9.17) is 11.1 Å². The van der Waals surface area contributed by atoms with Crippen LogP contribution < -0.4 is 10.6 Å². The summed E-state index contributed by atoms with van der Waals surface area (Å²) in [4.78, 5) is 1.75. The van der Waals surface area contributed by atoms with Crippen LogP contribution in [0.4, 0.5) is 11.4 Å². The Morgan fingerprint density at radius 2 is 1.48 bits per heavy atom. The number of anilines is 2. The van der Waals surface area contributed by atoms with Gasteiger partial charge in [0.25, 0.3) is 0 Å². The minimum Gasteiger partial charge on any atom is -0.369 e. The summed E-state index contributed by atoms with van der Waals surface area (Å²) in [6.07, 6.45) is 1.06. The standard InChI is InChI=1S/C18H23N3/c1-13(2)12-15-6-10-17(11-7-15)21(18(19)20)16-8-4-14(3)5-9-16/h4-11,13H,12H2,1-3H3,(H3,19,20). The van der Waals surface area contributed by atoms with Crippen molar-refractivity contribution in [3.63, 3.8) is 0 Å². The maximum Gasteiger partial charge on any atom is 0.197 e. The summed E-state index contributed by atoms with van der Waals surface area (Å²) < 4.78 is 0. The molecule has 0 radical (unpaired) electrons. The van der Waals surface area contributed by atoms with E-state index in [9.17, 15) is 0 Å². The van der Waals surface area contributed by atoms with Gasteiger partial charge in [-0.1, -0.05) is 43.7 Å². The van der Waals surface area contributed by atoms with Gasteiger partial charge in [0.05, 0.1) is 0 Å². The lowest BCUT2D eigenvalue weighted by Gasteiger charge is -2.23. The molecule has 0 aromatic heterocycles. The van der Waals surface area contributed by atoms with E-state index in [2.05, 4.69) is 26.0 Å². The average Bonchev–Trinajstić information content (AvgIpc) is 2.42. The molecule has 0 heterocycles. The van der Waals surface area contributed by atoms with Crippen LogP contribution in [0.2, 0.25) is 0 Å². The number of nitrogens with zero attached hydrogens (tertiary/aromatic N) is 1. The maximum atomic E-state index is 7.85. The summed E-state index contributed by atoms with van der Waals surface area (Å²) in [5, 5.41) is 7.85. The molecule has 0 aliphatic rings. The fourth-order valence-corrected chi connectivity index (χ4v) is 2.37. The number of guanidine groups is 1. The fourth-order valence-electron chi connectivity index (χ4n) is 2.37. The summed E-state index contributed by atoms with van der Waals surface area (Å²) >= 11 is 0. The van der Waals surface area contributed by atoms with Crippen molar-refractivity contribution in [1.29, 1.82) is 5.41 Å². The molecule has 0 saturated carbocycles. The highest BCUT2D eigenvalue weighted by atomic mass is 15.2. The van der Waals surface area contributed by atoms with Gasteiger partial charge in [-0.2, -0.15) is 0 Å². The molecular weight excluding hydrogens is 258 g/mol. The topological polar surface area (TPSA) is 53.1 Å². The SMILES string of the molecule is Cc1ccc(N(C(=N)N)c2ccc(CC(C)C)cc2)cc1. The third-order valence-corrected chi connectivity index (χ3v) is 3.37. The molecule has 110 valence electrons. The van der Waals surface area contributed by atoms with Crippen LogP contribution in [0.25, 0.3) is 0 Å². The number of hydrogen-bond acceptors (Lipinski definition) is 1. The van der Waals surface area contributed by atoms with E-state index in [1.54, 1.807) is 4.90 Å². The highest BCUT2D eigenvalue weighted by molar-refractivity contribution is 5.99. The second kappa shape index (κ2) is 6.44. The van der Waals surface area contributed by atoms with Crippen molar-refractivity contribution in [3.05, 3.63) is 59.7 Å². The van der Waals surface area contributed by atoms with Crippen molar-refractivity contribution < 1.29 is 0 Å². The molecular formula is C18H23N3. The Labute approximate surface area is 126 Å². The van der Waals surface area contributed by atoms with Crippen molar-refractivity contribution in [2.24, 2.45) is 11.7 Å².